The van der Waals surface area contributed by atoms with Crippen LogP contribution in [0.3, 0.4) is 0 Å². The molecular weight excluding hydrogens is 392 g/mol. The first-order chi connectivity index (χ1) is 13.5. The molecule has 1 N–H and O–H groups in total. The third-order valence-electron chi connectivity index (χ3n) is 4.30. The summed E-state index contributed by atoms with van der Waals surface area (Å²) in [4.78, 5) is 17.2. The van der Waals surface area contributed by atoms with Gasteiger partial charge < -0.3 is 0 Å². The van der Waals surface area contributed by atoms with Crippen molar-refractivity contribution in [1.29, 1.82) is 0 Å². The van der Waals surface area contributed by atoms with Crippen LogP contribution in [0.25, 0.3) is 17.2 Å². The topological polar surface area (TPSA) is 85.6 Å². The van der Waals surface area contributed by atoms with E-state index in [2.05, 4.69) is 51.0 Å². The van der Waals surface area contributed by atoms with Crippen molar-refractivity contribution in [1.82, 2.24) is 24.4 Å². The molecule has 0 saturated heterocycles. The molecular formula is C19H18N6OS2. The zero-order valence-corrected chi connectivity index (χ0v) is 17.2. The summed E-state index contributed by atoms with van der Waals surface area (Å²) in [5.41, 5.74) is 3.64. The Hall–Kier alpha value is -2.91. The number of rotatable bonds is 5. The van der Waals surface area contributed by atoms with E-state index in [0.717, 1.165) is 22.9 Å². The average molecular weight is 411 g/mol. The minimum Gasteiger partial charge on any atom is -0.296 e. The Morgan fingerprint density at radius 1 is 1.18 bits per heavy atom. The summed E-state index contributed by atoms with van der Waals surface area (Å²) in [5, 5.41) is 13.6. The SMILES string of the molecule is Cc1c(-c2nsc(NC(=O)c3cccs3)n2)nnn1-c1ccc(C(C)C)cc1. The standard InChI is InChI=1S/C19H18N6OS2/c1-11(2)13-6-8-14(9-7-13)25-12(3)16(22-24-25)17-20-19(28-23-17)21-18(26)15-5-4-10-27-15/h4-11H,1-3H3,(H,20,21,23,26). The van der Waals surface area contributed by atoms with Gasteiger partial charge in [0.1, 0.15) is 0 Å². The summed E-state index contributed by atoms with van der Waals surface area (Å²) < 4.78 is 6.10. The third-order valence-corrected chi connectivity index (χ3v) is 5.80. The molecule has 7 nitrogen and oxygen atoms in total. The molecule has 3 heterocycles. The Bertz CT molecular complexity index is 1100. The molecule has 0 aliphatic rings. The van der Waals surface area contributed by atoms with E-state index < -0.39 is 0 Å². The van der Waals surface area contributed by atoms with E-state index in [1.807, 2.05) is 30.5 Å². The number of aromatic nitrogens is 5. The first-order valence-corrected chi connectivity index (χ1v) is 10.4. The highest BCUT2D eigenvalue weighted by Crippen LogP contribution is 2.25. The predicted molar refractivity (Wildman–Crippen MR) is 111 cm³/mol. The molecule has 4 aromatic rings. The van der Waals surface area contributed by atoms with Crippen LogP contribution in [-0.4, -0.2) is 30.3 Å². The summed E-state index contributed by atoms with van der Waals surface area (Å²) in [7, 11) is 0. The highest BCUT2D eigenvalue weighted by atomic mass is 32.1. The first-order valence-electron chi connectivity index (χ1n) is 8.74. The number of carbonyl (C=O) groups is 1. The van der Waals surface area contributed by atoms with Crippen molar-refractivity contribution in [2.24, 2.45) is 0 Å². The lowest BCUT2D eigenvalue weighted by Crippen LogP contribution is -2.09. The molecule has 0 saturated carbocycles. The van der Waals surface area contributed by atoms with E-state index >= 15 is 0 Å². The normalized spacial score (nSPS) is 11.1. The van der Waals surface area contributed by atoms with Gasteiger partial charge in [0.05, 0.1) is 16.3 Å². The second-order valence-electron chi connectivity index (χ2n) is 6.54. The van der Waals surface area contributed by atoms with Crippen molar-refractivity contribution in [2.45, 2.75) is 26.7 Å². The Labute approximate surface area is 170 Å². The molecule has 1 amide bonds. The molecule has 3 aromatic heterocycles. The molecule has 0 fully saturated rings. The zero-order chi connectivity index (χ0) is 19.7. The Morgan fingerprint density at radius 2 is 1.96 bits per heavy atom. The van der Waals surface area contributed by atoms with Crippen LogP contribution in [0.5, 0.6) is 0 Å². The number of amides is 1. The quantitative estimate of drug-likeness (QED) is 0.522. The Balaban J connectivity index is 1.56. The van der Waals surface area contributed by atoms with Gasteiger partial charge >= 0.3 is 0 Å². The second kappa shape index (κ2) is 7.61. The van der Waals surface area contributed by atoms with Gasteiger partial charge in [-0.15, -0.1) is 16.4 Å². The summed E-state index contributed by atoms with van der Waals surface area (Å²) in [6.45, 7) is 6.25. The fraction of sp³-hybridized carbons (Fsp3) is 0.211. The summed E-state index contributed by atoms with van der Waals surface area (Å²) in [5.74, 6) is 0.737. The summed E-state index contributed by atoms with van der Waals surface area (Å²) in [6.07, 6.45) is 0. The maximum atomic E-state index is 12.2. The van der Waals surface area contributed by atoms with Gasteiger partial charge in [-0.1, -0.05) is 37.3 Å². The van der Waals surface area contributed by atoms with Crippen LogP contribution in [0.1, 0.15) is 40.7 Å². The Morgan fingerprint density at radius 3 is 2.64 bits per heavy atom. The van der Waals surface area contributed by atoms with Crippen LogP contribution in [0.15, 0.2) is 41.8 Å². The van der Waals surface area contributed by atoms with Crippen molar-refractivity contribution in [3.8, 4) is 17.2 Å². The van der Waals surface area contributed by atoms with Crippen molar-refractivity contribution in [3.63, 3.8) is 0 Å². The van der Waals surface area contributed by atoms with E-state index in [9.17, 15) is 4.79 Å². The molecule has 0 radical (unpaired) electrons. The van der Waals surface area contributed by atoms with Gasteiger partial charge in [-0.3, -0.25) is 10.1 Å². The van der Waals surface area contributed by atoms with Crippen LogP contribution in [-0.2, 0) is 0 Å². The van der Waals surface area contributed by atoms with Gasteiger partial charge in [0.15, 0.2) is 11.5 Å². The number of thiophene rings is 1. The highest BCUT2D eigenvalue weighted by molar-refractivity contribution is 7.12. The molecule has 142 valence electrons. The molecule has 1 aromatic carbocycles. The lowest BCUT2D eigenvalue weighted by Gasteiger charge is -2.07. The zero-order valence-electron chi connectivity index (χ0n) is 15.6. The van der Waals surface area contributed by atoms with Crippen molar-refractivity contribution in [3.05, 3.63) is 57.9 Å². The van der Waals surface area contributed by atoms with Crippen molar-refractivity contribution >= 4 is 33.9 Å². The number of anilines is 1. The molecule has 4 rings (SSSR count). The molecule has 0 bridgehead atoms. The van der Waals surface area contributed by atoms with E-state index in [0.29, 0.717) is 27.4 Å². The highest BCUT2D eigenvalue weighted by Gasteiger charge is 2.18. The maximum absolute atomic E-state index is 12.2. The van der Waals surface area contributed by atoms with Crippen molar-refractivity contribution < 1.29 is 4.79 Å². The average Bonchev–Trinajstić information content (AvgIpc) is 3.42. The molecule has 0 aliphatic carbocycles. The lowest BCUT2D eigenvalue weighted by atomic mass is 10.0. The number of carbonyl (C=O) groups excluding carboxylic acids is 1. The van der Waals surface area contributed by atoms with Gasteiger partial charge in [0.25, 0.3) is 5.91 Å². The van der Waals surface area contributed by atoms with Crippen molar-refractivity contribution in [2.75, 3.05) is 5.32 Å². The van der Waals surface area contributed by atoms with Crippen LogP contribution >= 0.6 is 22.9 Å². The molecule has 28 heavy (non-hydrogen) atoms. The first kappa shape index (κ1) is 18.5. The predicted octanol–water partition coefficient (Wildman–Crippen LogP) is 4.53. The fourth-order valence-corrected chi connectivity index (χ4v) is 3.90. The summed E-state index contributed by atoms with van der Waals surface area (Å²) in [6, 6.07) is 11.9. The van der Waals surface area contributed by atoms with E-state index in [-0.39, 0.29) is 5.91 Å². The minimum atomic E-state index is -0.191. The Kier molecular flexibility index (Phi) is 5.01. The molecule has 0 atom stereocenters. The number of hydrogen-bond acceptors (Lipinski definition) is 7. The molecule has 0 spiro atoms. The monoisotopic (exact) mass is 410 g/mol. The lowest BCUT2D eigenvalue weighted by molar-refractivity contribution is 0.103. The van der Waals surface area contributed by atoms with E-state index in [1.54, 1.807) is 10.7 Å². The number of benzene rings is 1. The van der Waals surface area contributed by atoms with E-state index in [1.165, 1.54) is 16.9 Å². The number of nitrogens with one attached hydrogen (secondary N) is 1. The minimum absolute atomic E-state index is 0.191. The largest absolute Gasteiger partial charge is 0.296 e. The van der Waals surface area contributed by atoms with E-state index in [4.69, 9.17) is 0 Å². The van der Waals surface area contributed by atoms with Gasteiger partial charge in [-0.05, 0) is 42.0 Å². The van der Waals surface area contributed by atoms with Crippen LogP contribution in [0.2, 0.25) is 0 Å². The molecule has 0 unspecified atom stereocenters. The van der Waals surface area contributed by atoms with Gasteiger partial charge in [-0.2, -0.15) is 9.36 Å². The van der Waals surface area contributed by atoms with Gasteiger partial charge in [0.2, 0.25) is 5.13 Å². The molecule has 9 heteroatoms. The second-order valence-corrected chi connectivity index (χ2v) is 8.24. The molecule has 0 aliphatic heterocycles. The van der Waals surface area contributed by atoms with Gasteiger partial charge in [0, 0.05) is 11.5 Å². The van der Waals surface area contributed by atoms with Crippen LogP contribution < -0.4 is 5.32 Å². The smallest absolute Gasteiger partial charge is 0.267 e. The number of hydrogen-bond donors (Lipinski definition) is 1. The van der Waals surface area contributed by atoms with Crippen LogP contribution in [0.4, 0.5) is 5.13 Å². The maximum Gasteiger partial charge on any atom is 0.267 e. The van der Waals surface area contributed by atoms with Gasteiger partial charge in [-0.25, -0.2) is 4.68 Å². The third kappa shape index (κ3) is 3.58. The summed E-state index contributed by atoms with van der Waals surface area (Å²) >= 11 is 2.50. The van der Waals surface area contributed by atoms with Crippen LogP contribution in [0, 0.1) is 6.92 Å². The number of nitrogens with zero attached hydrogens (tertiary/aromatic N) is 5. The fourth-order valence-electron chi connectivity index (χ4n) is 2.72.